The molecule has 2 aromatic carbocycles. The fraction of sp³-hybridized carbons (Fsp3) is 0.0556. The minimum absolute atomic E-state index is 0.362. The van der Waals surface area contributed by atoms with E-state index in [1.54, 1.807) is 6.07 Å². The maximum Gasteiger partial charge on any atom is 0.344 e. The SMILES string of the molecule is O=c1oc2ccccc2cc1C1=[C]Oc2ccccc2C1. The average molecular weight is 275 g/mol. The van der Waals surface area contributed by atoms with Crippen LogP contribution in [0, 0.1) is 6.26 Å². The first-order valence-corrected chi connectivity index (χ1v) is 6.71. The molecule has 0 unspecified atom stereocenters. The molecule has 3 aromatic rings. The molecule has 2 heterocycles. The van der Waals surface area contributed by atoms with Crippen molar-refractivity contribution in [2.24, 2.45) is 0 Å². The molecular weight excluding hydrogens is 264 g/mol. The van der Waals surface area contributed by atoms with Crippen molar-refractivity contribution >= 4 is 16.5 Å². The first kappa shape index (κ1) is 12.0. The number of ether oxygens (including phenoxy) is 1. The first-order valence-electron chi connectivity index (χ1n) is 6.71. The molecule has 1 aromatic heterocycles. The van der Waals surface area contributed by atoms with Crippen molar-refractivity contribution in [1.29, 1.82) is 0 Å². The predicted molar refractivity (Wildman–Crippen MR) is 79.9 cm³/mol. The van der Waals surface area contributed by atoms with Crippen LogP contribution in [0.1, 0.15) is 11.1 Å². The molecule has 0 atom stereocenters. The molecule has 0 amide bonds. The van der Waals surface area contributed by atoms with Crippen LogP contribution in [0.4, 0.5) is 0 Å². The van der Waals surface area contributed by atoms with Gasteiger partial charge in [0, 0.05) is 17.4 Å². The van der Waals surface area contributed by atoms with E-state index >= 15 is 0 Å². The van der Waals surface area contributed by atoms with Gasteiger partial charge in [-0.15, -0.1) is 0 Å². The summed E-state index contributed by atoms with van der Waals surface area (Å²) in [5, 5.41) is 0.889. The number of hydrogen-bond acceptors (Lipinski definition) is 3. The minimum atomic E-state index is -0.362. The van der Waals surface area contributed by atoms with Crippen LogP contribution in [-0.2, 0) is 6.42 Å². The zero-order chi connectivity index (χ0) is 14.2. The van der Waals surface area contributed by atoms with Crippen molar-refractivity contribution in [2.75, 3.05) is 0 Å². The van der Waals surface area contributed by atoms with Crippen molar-refractivity contribution in [1.82, 2.24) is 0 Å². The van der Waals surface area contributed by atoms with Gasteiger partial charge in [-0.3, -0.25) is 0 Å². The van der Waals surface area contributed by atoms with Crippen molar-refractivity contribution < 1.29 is 9.15 Å². The summed E-state index contributed by atoms with van der Waals surface area (Å²) in [6.45, 7) is 0. The van der Waals surface area contributed by atoms with Crippen LogP contribution in [0.2, 0.25) is 0 Å². The standard InChI is InChI=1S/C18H11O3/c19-18-15(10-13-6-2-4-8-17(13)21-18)14-9-12-5-1-3-7-16(12)20-11-14/h1-8,10H,9H2. The lowest BCUT2D eigenvalue weighted by Crippen LogP contribution is -2.11. The monoisotopic (exact) mass is 275 g/mol. The number of hydrogen-bond donors (Lipinski definition) is 0. The van der Waals surface area contributed by atoms with Crippen molar-refractivity contribution in [3.05, 3.63) is 82.4 Å². The van der Waals surface area contributed by atoms with E-state index < -0.39 is 0 Å². The Bertz CT molecular complexity index is 919. The molecule has 0 aliphatic carbocycles. The summed E-state index contributed by atoms with van der Waals surface area (Å²) in [5.41, 5.74) is 2.48. The molecule has 21 heavy (non-hydrogen) atoms. The molecule has 1 aliphatic heterocycles. The molecule has 4 rings (SSSR count). The molecule has 3 heteroatoms. The second kappa shape index (κ2) is 4.63. The topological polar surface area (TPSA) is 39.4 Å². The van der Waals surface area contributed by atoms with E-state index in [1.165, 1.54) is 0 Å². The maximum atomic E-state index is 12.2. The molecule has 101 valence electrons. The molecule has 0 saturated carbocycles. The van der Waals surface area contributed by atoms with E-state index in [4.69, 9.17) is 9.15 Å². The van der Waals surface area contributed by atoms with E-state index in [9.17, 15) is 4.79 Å². The van der Waals surface area contributed by atoms with Crippen LogP contribution in [0.5, 0.6) is 5.75 Å². The highest BCUT2D eigenvalue weighted by atomic mass is 16.5. The van der Waals surface area contributed by atoms with Gasteiger partial charge in [-0.1, -0.05) is 36.4 Å². The summed E-state index contributed by atoms with van der Waals surface area (Å²) in [5.74, 6) is 0.784. The Balaban J connectivity index is 1.83. The second-order valence-corrected chi connectivity index (χ2v) is 4.95. The summed E-state index contributed by atoms with van der Waals surface area (Å²) in [6, 6.07) is 17.0. The third-order valence-electron chi connectivity index (χ3n) is 3.59. The van der Waals surface area contributed by atoms with E-state index in [1.807, 2.05) is 48.5 Å². The zero-order valence-electron chi connectivity index (χ0n) is 11.1. The van der Waals surface area contributed by atoms with Gasteiger partial charge in [0.15, 0.2) is 6.26 Å². The zero-order valence-corrected chi connectivity index (χ0v) is 11.1. The number of fused-ring (bicyclic) bond motifs is 2. The number of allylic oxidation sites excluding steroid dienone is 1. The van der Waals surface area contributed by atoms with Crippen LogP contribution in [-0.4, -0.2) is 0 Å². The van der Waals surface area contributed by atoms with Gasteiger partial charge < -0.3 is 9.15 Å². The second-order valence-electron chi connectivity index (χ2n) is 4.95. The van der Waals surface area contributed by atoms with Crippen LogP contribution in [0.15, 0.2) is 63.8 Å². The molecule has 0 fully saturated rings. The predicted octanol–water partition coefficient (Wildman–Crippen LogP) is 3.57. The van der Waals surface area contributed by atoms with Gasteiger partial charge in [0.05, 0.1) is 5.56 Å². The summed E-state index contributed by atoms with van der Waals surface area (Å²) in [4.78, 5) is 12.2. The highest BCUT2D eigenvalue weighted by molar-refractivity contribution is 5.81. The van der Waals surface area contributed by atoms with Crippen molar-refractivity contribution in [3.63, 3.8) is 0 Å². The summed E-state index contributed by atoms with van der Waals surface area (Å²) >= 11 is 0. The third kappa shape index (κ3) is 2.03. The van der Waals surface area contributed by atoms with Crippen LogP contribution in [0.3, 0.4) is 0 Å². The lowest BCUT2D eigenvalue weighted by atomic mass is 9.97. The van der Waals surface area contributed by atoms with Gasteiger partial charge >= 0.3 is 5.63 Å². The smallest absolute Gasteiger partial charge is 0.344 e. The normalized spacial score (nSPS) is 13.4. The van der Waals surface area contributed by atoms with Crippen molar-refractivity contribution in [2.45, 2.75) is 6.42 Å². The lowest BCUT2D eigenvalue weighted by molar-refractivity contribution is 0.440. The molecule has 0 bridgehead atoms. The summed E-state index contributed by atoms with van der Waals surface area (Å²) < 4.78 is 10.9. The molecular formula is C18H11O3. The Morgan fingerprint density at radius 1 is 1.00 bits per heavy atom. The Morgan fingerprint density at radius 3 is 2.76 bits per heavy atom. The van der Waals surface area contributed by atoms with Gasteiger partial charge in [-0.25, -0.2) is 4.79 Å². The van der Waals surface area contributed by atoms with Gasteiger partial charge in [-0.05, 0) is 23.8 Å². The Hall–Kier alpha value is -2.81. The van der Waals surface area contributed by atoms with E-state index in [-0.39, 0.29) is 5.63 Å². The highest BCUT2D eigenvalue weighted by Crippen LogP contribution is 2.30. The van der Waals surface area contributed by atoms with Gasteiger partial charge in [0.2, 0.25) is 0 Å². The Kier molecular flexibility index (Phi) is 2.64. The molecule has 0 spiro atoms. The van der Waals surface area contributed by atoms with Gasteiger partial charge in [0.1, 0.15) is 11.3 Å². The molecule has 1 radical (unpaired) electrons. The maximum absolute atomic E-state index is 12.2. The molecule has 0 N–H and O–H groups in total. The van der Waals surface area contributed by atoms with Crippen LogP contribution >= 0.6 is 0 Å². The minimum Gasteiger partial charge on any atom is -0.453 e. The molecule has 1 aliphatic rings. The Morgan fingerprint density at radius 2 is 1.81 bits per heavy atom. The highest BCUT2D eigenvalue weighted by Gasteiger charge is 2.18. The fourth-order valence-electron chi connectivity index (χ4n) is 2.52. The number of benzene rings is 2. The number of para-hydroxylation sites is 2. The van der Waals surface area contributed by atoms with E-state index in [0.717, 1.165) is 16.7 Å². The van der Waals surface area contributed by atoms with Crippen LogP contribution < -0.4 is 10.4 Å². The van der Waals surface area contributed by atoms with Crippen molar-refractivity contribution in [3.8, 4) is 5.75 Å². The number of rotatable bonds is 1. The van der Waals surface area contributed by atoms with Crippen LogP contribution in [0.25, 0.3) is 16.5 Å². The molecule has 0 saturated heterocycles. The van der Waals surface area contributed by atoms with Gasteiger partial charge in [0.25, 0.3) is 0 Å². The summed E-state index contributed by atoms with van der Waals surface area (Å²) in [7, 11) is 0. The third-order valence-corrected chi connectivity index (χ3v) is 3.59. The summed E-state index contributed by atoms with van der Waals surface area (Å²) in [6.07, 6.45) is 3.46. The quantitative estimate of drug-likeness (QED) is 0.637. The largest absolute Gasteiger partial charge is 0.453 e. The first-order chi connectivity index (χ1) is 10.3. The molecule has 3 nitrogen and oxygen atoms in total. The lowest BCUT2D eigenvalue weighted by Gasteiger charge is -2.15. The fourth-order valence-corrected chi connectivity index (χ4v) is 2.52. The van der Waals surface area contributed by atoms with Gasteiger partial charge in [-0.2, -0.15) is 0 Å². The Labute approximate surface area is 121 Å². The van der Waals surface area contributed by atoms with E-state index in [2.05, 4.69) is 6.26 Å². The van der Waals surface area contributed by atoms with E-state index in [0.29, 0.717) is 23.1 Å². The average Bonchev–Trinajstić information content (AvgIpc) is 2.54.